The van der Waals surface area contributed by atoms with Crippen LogP contribution in [0.2, 0.25) is 5.02 Å². The Balaban J connectivity index is 1.47. The first-order valence-electron chi connectivity index (χ1n) is 10.6. The number of amides is 3. The summed E-state index contributed by atoms with van der Waals surface area (Å²) in [6, 6.07) is 19.9. The molecule has 36 heavy (non-hydrogen) atoms. The van der Waals surface area contributed by atoms with Crippen molar-refractivity contribution < 1.29 is 28.7 Å². The summed E-state index contributed by atoms with van der Waals surface area (Å²) in [5.41, 5.74) is 1.30. The fraction of sp³-hybridized carbons (Fsp3) is 0.0769. The molecular formula is C26H19ClN2O6S. The van der Waals surface area contributed by atoms with Crippen molar-refractivity contribution in [3.8, 4) is 11.5 Å². The number of halogens is 1. The maximum atomic E-state index is 12.8. The monoisotopic (exact) mass is 522 g/mol. The zero-order valence-corrected chi connectivity index (χ0v) is 20.5. The van der Waals surface area contributed by atoms with Gasteiger partial charge in [-0.3, -0.25) is 19.3 Å². The van der Waals surface area contributed by atoms with E-state index in [1.165, 1.54) is 19.3 Å². The number of rotatable bonds is 7. The van der Waals surface area contributed by atoms with Gasteiger partial charge in [0.05, 0.1) is 22.6 Å². The summed E-state index contributed by atoms with van der Waals surface area (Å²) in [7, 11) is 1.41. The van der Waals surface area contributed by atoms with E-state index in [0.29, 0.717) is 11.3 Å². The van der Waals surface area contributed by atoms with E-state index in [0.717, 1.165) is 16.7 Å². The number of nitrogens with one attached hydrogen (secondary N) is 1. The zero-order valence-electron chi connectivity index (χ0n) is 18.9. The van der Waals surface area contributed by atoms with Gasteiger partial charge in [0.2, 0.25) is 5.91 Å². The van der Waals surface area contributed by atoms with Gasteiger partial charge in [0, 0.05) is 5.69 Å². The minimum absolute atomic E-state index is 0.148. The summed E-state index contributed by atoms with van der Waals surface area (Å²) in [5.74, 6) is -1.32. The molecule has 0 radical (unpaired) electrons. The number of para-hydroxylation sites is 1. The van der Waals surface area contributed by atoms with Gasteiger partial charge in [-0.25, -0.2) is 4.79 Å². The molecule has 1 aliphatic rings. The van der Waals surface area contributed by atoms with Gasteiger partial charge in [0.25, 0.3) is 11.1 Å². The van der Waals surface area contributed by atoms with Crippen LogP contribution in [0.5, 0.6) is 11.5 Å². The summed E-state index contributed by atoms with van der Waals surface area (Å²) in [5, 5.41) is 2.35. The predicted octanol–water partition coefficient (Wildman–Crippen LogP) is 5.24. The SMILES string of the molecule is COc1cc(/C=C2\SC(=O)N(CC(=O)Nc3ccccc3)C2=O)ccc1OC(=O)c1ccccc1Cl. The molecule has 3 aromatic carbocycles. The van der Waals surface area contributed by atoms with E-state index in [9.17, 15) is 19.2 Å². The Hall–Kier alpha value is -4.08. The topological polar surface area (TPSA) is 102 Å². The highest BCUT2D eigenvalue weighted by atomic mass is 35.5. The predicted molar refractivity (Wildman–Crippen MR) is 137 cm³/mol. The second-order valence-corrected chi connectivity index (χ2v) is 8.86. The second kappa shape index (κ2) is 11.1. The van der Waals surface area contributed by atoms with E-state index in [-0.39, 0.29) is 27.0 Å². The van der Waals surface area contributed by atoms with E-state index in [1.54, 1.807) is 66.7 Å². The van der Waals surface area contributed by atoms with Crippen LogP contribution >= 0.6 is 23.4 Å². The van der Waals surface area contributed by atoms with E-state index in [1.807, 2.05) is 0 Å². The lowest BCUT2D eigenvalue weighted by atomic mass is 10.1. The number of ether oxygens (including phenoxy) is 2. The third kappa shape index (κ3) is 5.76. The average molecular weight is 523 g/mol. The number of methoxy groups -OCH3 is 1. The van der Waals surface area contributed by atoms with Crippen LogP contribution < -0.4 is 14.8 Å². The van der Waals surface area contributed by atoms with Crippen LogP contribution in [0.1, 0.15) is 15.9 Å². The van der Waals surface area contributed by atoms with E-state index >= 15 is 0 Å². The first-order chi connectivity index (χ1) is 17.4. The van der Waals surface area contributed by atoms with Crippen LogP contribution in [0.15, 0.2) is 77.7 Å². The van der Waals surface area contributed by atoms with E-state index in [4.69, 9.17) is 21.1 Å². The highest BCUT2D eigenvalue weighted by Gasteiger charge is 2.36. The summed E-state index contributed by atoms with van der Waals surface area (Å²) < 4.78 is 10.8. The fourth-order valence-electron chi connectivity index (χ4n) is 3.29. The summed E-state index contributed by atoms with van der Waals surface area (Å²) in [6.07, 6.45) is 1.50. The van der Waals surface area contributed by atoms with Crippen molar-refractivity contribution in [1.82, 2.24) is 4.90 Å². The fourth-order valence-corrected chi connectivity index (χ4v) is 4.34. The maximum Gasteiger partial charge on any atom is 0.345 e. The number of hydrogen-bond acceptors (Lipinski definition) is 7. The molecule has 0 aliphatic carbocycles. The zero-order chi connectivity index (χ0) is 25.7. The molecule has 0 spiro atoms. The van der Waals surface area contributed by atoms with Crippen molar-refractivity contribution in [2.75, 3.05) is 19.0 Å². The number of thioether (sulfide) groups is 1. The molecule has 1 fully saturated rings. The summed E-state index contributed by atoms with van der Waals surface area (Å²) in [4.78, 5) is 51.0. The lowest BCUT2D eigenvalue weighted by Gasteiger charge is -2.12. The second-order valence-electron chi connectivity index (χ2n) is 7.46. The van der Waals surface area contributed by atoms with E-state index < -0.39 is 29.6 Å². The largest absolute Gasteiger partial charge is 0.493 e. The molecule has 1 saturated heterocycles. The van der Waals surface area contributed by atoms with Gasteiger partial charge in [0.1, 0.15) is 6.54 Å². The molecule has 1 aliphatic heterocycles. The van der Waals surface area contributed by atoms with Gasteiger partial charge in [-0.1, -0.05) is 48.0 Å². The Morgan fingerprint density at radius 3 is 2.44 bits per heavy atom. The number of carbonyl (C=O) groups is 4. The lowest BCUT2D eigenvalue weighted by molar-refractivity contribution is -0.127. The first kappa shape index (κ1) is 25.0. The molecule has 0 aromatic heterocycles. The lowest BCUT2D eigenvalue weighted by Crippen LogP contribution is -2.36. The van der Waals surface area contributed by atoms with Gasteiger partial charge in [-0.15, -0.1) is 0 Å². The van der Waals surface area contributed by atoms with Crippen molar-refractivity contribution in [3.63, 3.8) is 0 Å². The normalized spacial score (nSPS) is 14.2. The highest BCUT2D eigenvalue weighted by Crippen LogP contribution is 2.35. The van der Waals surface area contributed by atoms with Crippen molar-refractivity contribution >= 4 is 58.1 Å². The average Bonchev–Trinajstić information content (AvgIpc) is 3.12. The van der Waals surface area contributed by atoms with Gasteiger partial charge in [0.15, 0.2) is 11.5 Å². The number of anilines is 1. The molecule has 182 valence electrons. The van der Waals surface area contributed by atoms with Gasteiger partial charge in [-0.2, -0.15) is 0 Å². The van der Waals surface area contributed by atoms with Crippen molar-refractivity contribution in [3.05, 3.63) is 93.9 Å². The third-order valence-electron chi connectivity index (χ3n) is 5.01. The van der Waals surface area contributed by atoms with Crippen LogP contribution in [0.3, 0.4) is 0 Å². The Kier molecular flexibility index (Phi) is 7.72. The first-order valence-corrected chi connectivity index (χ1v) is 11.8. The molecule has 0 atom stereocenters. The molecular weight excluding hydrogens is 504 g/mol. The number of nitrogens with zero attached hydrogens (tertiary/aromatic N) is 1. The van der Waals surface area contributed by atoms with Crippen molar-refractivity contribution in [2.45, 2.75) is 0 Å². The van der Waals surface area contributed by atoms with Crippen LogP contribution in [-0.2, 0) is 9.59 Å². The molecule has 8 nitrogen and oxygen atoms in total. The summed E-state index contributed by atoms with van der Waals surface area (Å²) >= 11 is 6.79. The van der Waals surface area contributed by atoms with Crippen molar-refractivity contribution in [2.24, 2.45) is 0 Å². The number of imide groups is 1. The molecule has 3 amide bonds. The van der Waals surface area contributed by atoms with E-state index in [2.05, 4.69) is 5.32 Å². The Morgan fingerprint density at radius 2 is 1.72 bits per heavy atom. The molecule has 1 N–H and O–H groups in total. The van der Waals surface area contributed by atoms with Crippen molar-refractivity contribution in [1.29, 1.82) is 0 Å². The molecule has 4 rings (SSSR count). The molecule has 0 unspecified atom stereocenters. The van der Waals surface area contributed by atoms with Gasteiger partial charge >= 0.3 is 5.97 Å². The van der Waals surface area contributed by atoms with Crippen LogP contribution in [0, 0.1) is 0 Å². The maximum absolute atomic E-state index is 12.8. The smallest absolute Gasteiger partial charge is 0.345 e. The quantitative estimate of drug-likeness (QED) is 0.257. The van der Waals surface area contributed by atoms with Gasteiger partial charge < -0.3 is 14.8 Å². The minimum atomic E-state index is -0.651. The standard InChI is InChI=1S/C26H19ClN2O6S/c1-34-21-13-16(11-12-20(21)35-25(32)18-9-5-6-10-19(18)27)14-22-24(31)29(26(33)36-22)15-23(30)28-17-7-3-2-4-8-17/h2-14H,15H2,1H3,(H,28,30)/b22-14-. The Morgan fingerprint density at radius 1 is 1.00 bits per heavy atom. The molecule has 3 aromatic rings. The number of hydrogen-bond donors (Lipinski definition) is 1. The number of carbonyl (C=O) groups excluding carboxylic acids is 4. The van der Waals surface area contributed by atoms with Crippen LogP contribution in [-0.4, -0.2) is 41.6 Å². The van der Waals surface area contributed by atoms with Gasteiger partial charge in [-0.05, 0) is 59.8 Å². The summed E-state index contributed by atoms with van der Waals surface area (Å²) in [6.45, 7) is -0.406. The third-order valence-corrected chi connectivity index (χ3v) is 6.25. The highest BCUT2D eigenvalue weighted by molar-refractivity contribution is 8.18. The minimum Gasteiger partial charge on any atom is -0.493 e. The molecule has 1 heterocycles. The molecule has 0 bridgehead atoms. The Bertz CT molecular complexity index is 1380. The van der Waals surface area contributed by atoms with Crippen LogP contribution in [0.4, 0.5) is 10.5 Å². The number of esters is 1. The number of benzene rings is 3. The molecule has 0 saturated carbocycles. The molecule has 10 heteroatoms. The van der Waals surface area contributed by atoms with Crippen LogP contribution in [0.25, 0.3) is 6.08 Å². The Labute approximate surface area is 215 Å².